The van der Waals surface area contributed by atoms with Crippen LogP contribution in [0.3, 0.4) is 0 Å². The van der Waals surface area contributed by atoms with E-state index < -0.39 is 8.53 Å². The first-order valence-electron chi connectivity index (χ1n) is 9.68. The molecular formula is C23H28IN3O3P+. The first-order valence-corrected chi connectivity index (χ1v) is 11.0. The molecule has 8 heteroatoms. The van der Waals surface area contributed by atoms with E-state index in [9.17, 15) is 0 Å². The number of nitrogens with two attached hydrogens (primary N) is 1. The zero-order valence-electron chi connectivity index (χ0n) is 17.3. The van der Waals surface area contributed by atoms with Crippen molar-refractivity contribution in [3.05, 3.63) is 78.1 Å². The summed E-state index contributed by atoms with van der Waals surface area (Å²) in [6.45, 7) is 1.04. The van der Waals surface area contributed by atoms with E-state index in [4.69, 9.17) is 14.9 Å². The van der Waals surface area contributed by atoms with Gasteiger partial charge in [0.1, 0.15) is 7.05 Å². The van der Waals surface area contributed by atoms with Crippen molar-refractivity contribution < 1.29 is 19.5 Å². The molecule has 0 radical (unpaired) electrons. The van der Waals surface area contributed by atoms with Crippen LogP contribution in [0.2, 0.25) is 0 Å². The van der Waals surface area contributed by atoms with Gasteiger partial charge in [0.15, 0.2) is 6.20 Å². The Morgan fingerprint density at radius 3 is 2.29 bits per heavy atom. The quantitative estimate of drug-likeness (QED) is 0.171. The lowest BCUT2D eigenvalue weighted by molar-refractivity contribution is -0.644. The zero-order chi connectivity index (χ0) is 21.5. The van der Waals surface area contributed by atoms with E-state index in [0.717, 1.165) is 13.0 Å². The number of nitrogens with zero attached hydrogens (tertiary/aromatic N) is 2. The van der Waals surface area contributed by atoms with Gasteiger partial charge < -0.3 is 19.5 Å². The molecule has 6 nitrogen and oxygen atoms in total. The summed E-state index contributed by atoms with van der Waals surface area (Å²) >= 11 is 0. The van der Waals surface area contributed by atoms with Crippen LogP contribution in [-0.2, 0) is 13.6 Å². The Kier molecular flexibility index (Phi) is 10.0. The molecule has 31 heavy (non-hydrogen) atoms. The molecule has 5 N–H and O–H groups in total. The Morgan fingerprint density at radius 1 is 0.968 bits per heavy atom. The van der Waals surface area contributed by atoms with E-state index >= 15 is 0 Å². The van der Waals surface area contributed by atoms with E-state index in [1.807, 2.05) is 0 Å². The van der Waals surface area contributed by atoms with Gasteiger partial charge in [-0.25, -0.2) is 4.57 Å². The lowest BCUT2D eigenvalue weighted by atomic mass is 10.1. The van der Waals surface area contributed by atoms with E-state index in [1.54, 1.807) is 0 Å². The van der Waals surface area contributed by atoms with Crippen LogP contribution in [0.25, 0.3) is 34.0 Å². The third-order valence-corrected chi connectivity index (χ3v) is 4.89. The predicted molar refractivity (Wildman–Crippen MR) is 139 cm³/mol. The normalized spacial score (nSPS) is 11.0. The van der Waals surface area contributed by atoms with Gasteiger partial charge in [-0.2, -0.15) is 0 Å². The second kappa shape index (κ2) is 12.2. The van der Waals surface area contributed by atoms with Crippen LogP contribution in [0, 0.1) is 0 Å². The summed E-state index contributed by atoms with van der Waals surface area (Å²) in [6, 6.07) is 19.1. The largest absolute Gasteiger partial charge is 0.396 e. The maximum Gasteiger partial charge on any atom is 0.247 e. The molecule has 2 heterocycles. The Balaban J connectivity index is 0.000000631. The highest BCUT2D eigenvalue weighted by molar-refractivity contribution is 14.0. The molecule has 2 aromatic carbocycles. The molecule has 0 unspecified atom stereocenters. The molecule has 0 atom stereocenters. The van der Waals surface area contributed by atoms with Crippen molar-refractivity contribution in [1.82, 2.24) is 4.57 Å². The van der Waals surface area contributed by atoms with E-state index in [-0.39, 0.29) is 30.6 Å². The minimum atomic E-state index is -2.12. The molecule has 4 rings (SSSR count). The second-order valence-electron chi connectivity index (χ2n) is 6.92. The second-order valence-corrected chi connectivity index (χ2v) is 7.57. The third kappa shape index (κ3) is 6.55. The monoisotopic (exact) mass is 552 g/mol. The predicted octanol–water partition coefficient (Wildman–Crippen LogP) is 3.95. The number of para-hydroxylation sites is 2. The van der Waals surface area contributed by atoms with Crippen molar-refractivity contribution in [2.24, 2.45) is 12.6 Å². The Labute approximate surface area is 200 Å². The van der Waals surface area contributed by atoms with Crippen molar-refractivity contribution in [3.63, 3.8) is 0 Å². The molecule has 0 aliphatic heterocycles. The lowest BCUT2D eigenvalue weighted by Gasteiger charge is -2.02. The zero-order valence-corrected chi connectivity index (χ0v) is 20.5. The molecule has 2 aromatic heterocycles. The summed E-state index contributed by atoms with van der Waals surface area (Å²) < 4.78 is 4.38. The number of aliphatic hydroxyl groups is 1. The molecule has 0 fully saturated rings. The average molecular weight is 552 g/mol. The van der Waals surface area contributed by atoms with Crippen molar-refractivity contribution in [2.75, 3.05) is 6.61 Å². The standard InChI is InChI=1S/C23H23N2O.HI.H4NO2P/c1-24-15-13-18(20-7-2-4-9-22(20)24)11-12-19-17-25(14-6-16-26)23-10-5-3-8-21(19)23;;1-4(2)3/h2-5,7-13,15,17,26H,6,14,16H2,1H3;1H;2-3H,1H2/q+1;;. The smallest absolute Gasteiger partial charge is 0.247 e. The average Bonchev–Trinajstić information content (AvgIpc) is 3.09. The van der Waals surface area contributed by atoms with Crippen LogP contribution in [-0.4, -0.2) is 26.1 Å². The molecule has 0 saturated heterocycles. The SMILES string of the molecule is C[n+]1ccc(/C=C/c2cn(CCCO)c3ccccc23)c2ccccc21.I.NP(O)O. The number of fused-ring (bicyclic) bond motifs is 2. The van der Waals surface area contributed by atoms with Crippen molar-refractivity contribution >= 4 is 66.5 Å². The number of benzene rings is 2. The Morgan fingerprint density at radius 2 is 1.58 bits per heavy atom. The molecule has 0 aliphatic carbocycles. The topological polar surface area (TPSA) is 95.5 Å². The molecule has 164 valence electrons. The van der Waals surface area contributed by atoms with Gasteiger partial charge in [0.2, 0.25) is 14.0 Å². The number of aromatic nitrogens is 2. The van der Waals surface area contributed by atoms with Crippen LogP contribution < -0.4 is 10.1 Å². The summed E-state index contributed by atoms with van der Waals surface area (Å²) in [6.07, 6.45) is 9.44. The fraction of sp³-hybridized carbons (Fsp3) is 0.174. The number of pyridine rings is 1. The first-order chi connectivity index (χ1) is 14.5. The van der Waals surface area contributed by atoms with Crippen molar-refractivity contribution in [3.8, 4) is 0 Å². The maximum absolute atomic E-state index is 9.15. The first kappa shape index (κ1) is 25.4. The molecule has 4 aromatic rings. The van der Waals surface area contributed by atoms with Gasteiger partial charge in [0.25, 0.3) is 0 Å². The molecule has 0 amide bonds. The van der Waals surface area contributed by atoms with E-state index in [1.165, 1.54) is 32.9 Å². The van der Waals surface area contributed by atoms with Crippen LogP contribution in [0.1, 0.15) is 17.5 Å². The summed E-state index contributed by atoms with van der Waals surface area (Å²) in [5, 5.41) is 11.6. The molecule has 0 aliphatic rings. The van der Waals surface area contributed by atoms with Gasteiger partial charge >= 0.3 is 0 Å². The van der Waals surface area contributed by atoms with Gasteiger partial charge in [-0.05, 0) is 29.7 Å². The molecule has 0 bridgehead atoms. The third-order valence-electron chi connectivity index (χ3n) is 4.89. The van der Waals surface area contributed by atoms with E-state index in [2.05, 4.69) is 101 Å². The van der Waals surface area contributed by atoms with Gasteiger partial charge in [-0.1, -0.05) is 42.5 Å². The fourth-order valence-corrected chi connectivity index (χ4v) is 3.55. The van der Waals surface area contributed by atoms with Crippen LogP contribution in [0.15, 0.2) is 67.0 Å². The van der Waals surface area contributed by atoms with Gasteiger partial charge in [-0.15, -0.1) is 24.0 Å². The minimum Gasteiger partial charge on any atom is -0.396 e. The number of hydrogen-bond acceptors (Lipinski definition) is 4. The van der Waals surface area contributed by atoms with Crippen LogP contribution >= 0.6 is 32.5 Å². The highest BCUT2D eigenvalue weighted by atomic mass is 127. The number of hydrogen-bond donors (Lipinski definition) is 4. The summed E-state index contributed by atoms with van der Waals surface area (Å²) in [5.41, 5.74) is 9.14. The molecular weight excluding hydrogens is 524 g/mol. The van der Waals surface area contributed by atoms with E-state index in [0.29, 0.717) is 0 Å². The van der Waals surface area contributed by atoms with Gasteiger partial charge in [0, 0.05) is 42.4 Å². The van der Waals surface area contributed by atoms with Crippen LogP contribution in [0.5, 0.6) is 0 Å². The number of halogens is 1. The number of aliphatic hydroxyl groups excluding tert-OH is 1. The van der Waals surface area contributed by atoms with Crippen LogP contribution in [0.4, 0.5) is 0 Å². The molecule has 0 spiro atoms. The lowest BCUT2D eigenvalue weighted by Crippen LogP contribution is -2.28. The minimum absolute atomic E-state index is 0. The number of aryl methyl sites for hydroxylation is 2. The Hall–Kier alpha value is -1.87. The summed E-state index contributed by atoms with van der Waals surface area (Å²) in [4.78, 5) is 14.9. The fourth-order valence-electron chi connectivity index (χ4n) is 3.55. The van der Waals surface area contributed by atoms with Gasteiger partial charge in [0.05, 0.1) is 5.39 Å². The summed E-state index contributed by atoms with van der Waals surface area (Å²) in [5.74, 6) is 0. The summed E-state index contributed by atoms with van der Waals surface area (Å²) in [7, 11) is -0.0464. The highest BCUT2D eigenvalue weighted by Crippen LogP contribution is 2.25. The Bertz CT molecular complexity index is 1160. The van der Waals surface area contributed by atoms with Crippen molar-refractivity contribution in [1.29, 1.82) is 0 Å². The highest BCUT2D eigenvalue weighted by Gasteiger charge is 2.08. The van der Waals surface area contributed by atoms with Gasteiger partial charge in [-0.3, -0.25) is 5.50 Å². The number of rotatable bonds is 5. The maximum atomic E-state index is 9.15. The van der Waals surface area contributed by atoms with Crippen molar-refractivity contribution in [2.45, 2.75) is 13.0 Å². The molecule has 0 saturated carbocycles.